The summed E-state index contributed by atoms with van der Waals surface area (Å²) in [5.41, 5.74) is 6.06. The minimum atomic E-state index is -0.376. The number of nitrogens with zero attached hydrogens (tertiary/aromatic N) is 5. The minimum absolute atomic E-state index is 0.243. The SMILES string of the molecule is Cc1c(C(=O)Nc2ccc(F)cc2)nnn1-c1cccc2c1CCN(Cc1ccncc1)C2. The van der Waals surface area contributed by atoms with E-state index in [0.29, 0.717) is 11.4 Å². The fourth-order valence-corrected chi connectivity index (χ4v) is 4.22. The maximum Gasteiger partial charge on any atom is 0.278 e. The zero-order valence-electron chi connectivity index (χ0n) is 18.2. The molecule has 1 aliphatic rings. The van der Waals surface area contributed by atoms with Crippen LogP contribution in [0.1, 0.15) is 32.9 Å². The molecule has 5 rings (SSSR count). The molecule has 0 fully saturated rings. The molecule has 0 unspecified atom stereocenters. The zero-order valence-corrected chi connectivity index (χ0v) is 18.2. The van der Waals surface area contributed by atoms with Crippen LogP contribution in [0.15, 0.2) is 67.0 Å². The van der Waals surface area contributed by atoms with E-state index in [9.17, 15) is 9.18 Å². The van der Waals surface area contributed by atoms with Crippen LogP contribution in [0.3, 0.4) is 0 Å². The summed E-state index contributed by atoms with van der Waals surface area (Å²) in [5, 5.41) is 11.2. The Morgan fingerprint density at radius 1 is 1.09 bits per heavy atom. The molecule has 4 aromatic rings. The van der Waals surface area contributed by atoms with Crippen LogP contribution in [-0.4, -0.2) is 37.3 Å². The highest BCUT2D eigenvalue weighted by Crippen LogP contribution is 2.27. The Morgan fingerprint density at radius 2 is 1.88 bits per heavy atom. The van der Waals surface area contributed by atoms with E-state index in [4.69, 9.17) is 0 Å². The number of nitrogens with one attached hydrogen (secondary N) is 1. The first-order valence-electron chi connectivity index (χ1n) is 10.8. The lowest BCUT2D eigenvalue weighted by molar-refractivity contribution is 0.102. The molecule has 2 aromatic heterocycles. The highest BCUT2D eigenvalue weighted by molar-refractivity contribution is 6.03. The third-order valence-corrected chi connectivity index (χ3v) is 5.92. The van der Waals surface area contributed by atoms with Crippen LogP contribution in [-0.2, 0) is 19.5 Å². The molecule has 0 saturated heterocycles. The second-order valence-electron chi connectivity index (χ2n) is 8.13. The Morgan fingerprint density at radius 3 is 2.67 bits per heavy atom. The molecular formula is C25H23FN6O. The fourth-order valence-electron chi connectivity index (χ4n) is 4.22. The van der Waals surface area contributed by atoms with E-state index >= 15 is 0 Å². The van der Waals surface area contributed by atoms with Crippen LogP contribution in [0.5, 0.6) is 0 Å². The van der Waals surface area contributed by atoms with Crippen LogP contribution in [0.4, 0.5) is 10.1 Å². The van der Waals surface area contributed by atoms with Crippen LogP contribution in [0.2, 0.25) is 0 Å². The van der Waals surface area contributed by atoms with Crippen LogP contribution in [0.25, 0.3) is 5.69 Å². The molecule has 166 valence electrons. The summed E-state index contributed by atoms with van der Waals surface area (Å²) in [6.45, 7) is 4.48. The van der Waals surface area contributed by atoms with Crippen molar-refractivity contribution in [1.29, 1.82) is 0 Å². The smallest absolute Gasteiger partial charge is 0.278 e. The van der Waals surface area contributed by atoms with Crippen molar-refractivity contribution in [1.82, 2.24) is 24.9 Å². The van der Waals surface area contributed by atoms with Crippen molar-refractivity contribution in [2.75, 3.05) is 11.9 Å². The van der Waals surface area contributed by atoms with Gasteiger partial charge in [0.25, 0.3) is 5.91 Å². The topological polar surface area (TPSA) is 75.9 Å². The lowest BCUT2D eigenvalue weighted by Crippen LogP contribution is -2.30. The normalized spacial score (nSPS) is 13.5. The van der Waals surface area contributed by atoms with E-state index in [-0.39, 0.29) is 17.4 Å². The maximum absolute atomic E-state index is 13.1. The van der Waals surface area contributed by atoms with Gasteiger partial charge in [-0.3, -0.25) is 14.7 Å². The van der Waals surface area contributed by atoms with Crippen LogP contribution < -0.4 is 5.32 Å². The maximum atomic E-state index is 13.1. The standard InChI is InChI=1S/C25H23FN6O/c1-17-24(25(33)28-21-7-5-20(26)6-8-21)29-30-32(17)23-4-2-3-19-16-31(14-11-22(19)23)15-18-9-12-27-13-10-18/h2-10,12-13H,11,14-16H2,1H3,(H,28,33). The molecule has 0 spiro atoms. The average molecular weight is 442 g/mol. The molecule has 1 N–H and O–H groups in total. The number of hydrogen-bond donors (Lipinski definition) is 1. The average Bonchev–Trinajstić information content (AvgIpc) is 3.22. The molecule has 0 atom stereocenters. The van der Waals surface area contributed by atoms with E-state index in [0.717, 1.165) is 31.7 Å². The van der Waals surface area contributed by atoms with Crippen molar-refractivity contribution in [2.24, 2.45) is 0 Å². The van der Waals surface area contributed by atoms with Crippen molar-refractivity contribution < 1.29 is 9.18 Å². The lowest BCUT2D eigenvalue weighted by atomic mass is 9.97. The first-order chi connectivity index (χ1) is 16.1. The van der Waals surface area contributed by atoms with Gasteiger partial charge in [0, 0.05) is 37.7 Å². The molecule has 3 heterocycles. The number of hydrogen-bond acceptors (Lipinski definition) is 5. The number of benzene rings is 2. The number of halogens is 1. The van der Waals surface area contributed by atoms with Gasteiger partial charge in [-0.05, 0) is 72.5 Å². The molecule has 0 bridgehead atoms. The van der Waals surface area contributed by atoms with E-state index in [1.165, 1.54) is 41.0 Å². The van der Waals surface area contributed by atoms with Gasteiger partial charge in [-0.15, -0.1) is 5.10 Å². The Bertz CT molecular complexity index is 1290. The summed E-state index contributed by atoms with van der Waals surface area (Å²) in [6, 6.07) is 15.9. The van der Waals surface area contributed by atoms with Gasteiger partial charge in [-0.2, -0.15) is 0 Å². The van der Waals surface area contributed by atoms with E-state index in [1.54, 1.807) is 4.68 Å². The number of pyridine rings is 1. The first kappa shape index (κ1) is 21.0. The number of rotatable bonds is 5. The second kappa shape index (κ2) is 8.91. The molecular weight excluding hydrogens is 419 g/mol. The number of aromatic nitrogens is 4. The summed E-state index contributed by atoms with van der Waals surface area (Å²) >= 11 is 0. The van der Waals surface area contributed by atoms with Gasteiger partial charge in [0.05, 0.1) is 11.4 Å². The summed E-state index contributed by atoms with van der Waals surface area (Å²) < 4.78 is 14.9. The molecule has 8 heteroatoms. The molecule has 33 heavy (non-hydrogen) atoms. The number of fused-ring (bicyclic) bond motifs is 1. The van der Waals surface area contributed by atoms with Gasteiger partial charge in [0.15, 0.2) is 5.69 Å². The zero-order chi connectivity index (χ0) is 22.8. The first-order valence-corrected chi connectivity index (χ1v) is 10.8. The monoisotopic (exact) mass is 442 g/mol. The quantitative estimate of drug-likeness (QED) is 0.507. The van der Waals surface area contributed by atoms with Gasteiger partial charge >= 0.3 is 0 Å². The highest BCUT2D eigenvalue weighted by atomic mass is 19.1. The van der Waals surface area contributed by atoms with Crippen molar-refractivity contribution in [2.45, 2.75) is 26.4 Å². The van der Waals surface area contributed by atoms with E-state index < -0.39 is 0 Å². The summed E-state index contributed by atoms with van der Waals surface area (Å²) in [4.78, 5) is 19.2. The van der Waals surface area contributed by atoms with E-state index in [2.05, 4.69) is 31.6 Å². The molecule has 7 nitrogen and oxygen atoms in total. The summed E-state index contributed by atoms with van der Waals surface area (Å²) in [5.74, 6) is -0.734. The summed E-state index contributed by atoms with van der Waals surface area (Å²) in [6.07, 6.45) is 4.53. The van der Waals surface area contributed by atoms with E-state index in [1.807, 2.05) is 43.6 Å². The number of anilines is 1. The van der Waals surface area contributed by atoms with Gasteiger partial charge in [-0.25, -0.2) is 9.07 Å². The molecule has 0 radical (unpaired) electrons. The molecule has 2 aromatic carbocycles. The number of carbonyl (C=O) groups excluding carboxylic acids is 1. The van der Waals surface area contributed by atoms with Gasteiger partial charge in [-0.1, -0.05) is 17.3 Å². The lowest BCUT2D eigenvalue weighted by Gasteiger charge is -2.30. The van der Waals surface area contributed by atoms with Crippen molar-refractivity contribution >= 4 is 11.6 Å². The Kier molecular flexibility index (Phi) is 5.66. The van der Waals surface area contributed by atoms with Crippen LogP contribution >= 0.6 is 0 Å². The number of carbonyl (C=O) groups is 1. The molecule has 1 amide bonds. The largest absolute Gasteiger partial charge is 0.321 e. The predicted octanol–water partition coefficient (Wildman–Crippen LogP) is 3.92. The third-order valence-electron chi connectivity index (χ3n) is 5.92. The molecule has 0 aliphatic carbocycles. The third kappa shape index (κ3) is 4.38. The van der Waals surface area contributed by atoms with Crippen molar-refractivity contribution in [3.63, 3.8) is 0 Å². The van der Waals surface area contributed by atoms with Gasteiger partial charge in [0.2, 0.25) is 0 Å². The van der Waals surface area contributed by atoms with Gasteiger partial charge in [0.1, 0.15) is 5.82 Å². The Hall–Kier alpha value is -3.91. The Labute approximate surface area is 190 Å². The highest BCUT2D eigenvalue weighted by Gasteiger charge is 2.23. The van der Waals surface area contributed by atoms with Crippen LogP contribution in [0, 0.1) is 12.7 Å². The molecule has 1 aliphatic heterocycles. The predicted molar refractivity (Wildman–Crippen MR) is 123 cm³/mol. The Balaban J connectivity index is 1.37. The van der Waals surface area contributed by atoms with Crippen molar-refractivity contribution in [3.05, 3.63) is 101 Å². The van der Waals surface area contributed by atoms with Crippen molar-refractivity contribution in [3.8, 4) is 5.69 Å². The minimum Gasteiger partial charge on any atom is -0.321 e. The van der Waals surface area contributed by atoms with Gasteiger partial charge < -0.3 is 5.32 Å². The summed E-state index contributed by atoms with van der Waals surface area (Å²) in [7, 11) is 0. The fraction of sp³-hybridized carbons (Fsp3) is 0.200. The molecule has 0 saturated carbocycles. The second-order valence-corrected chi connectivity index (χ2v) is 8.13. The number of amides is 1.